The van der Waals surface area contributed by atoms with Gasteiger partial charge in [-0.25, -0.2) is 0 Å². The van der Waals surface area contributed by atoms with Gasteiger partial charge in [0.25, 0.3) is 0 Å². The minimum absolute atomic E-state index is 0.500. The van der Waals surface area contributed by atoms with E-state index >= 15 is 0 Å². The number of anilines is 1. The topological polar surface area (TPSA) is 16.1 Å². The molecule has 2 nitrogen and oxygen atoms in total. The molecular formula is C14H21ClN2. The molecule has 1 saturated heterocycles. The van der Waals surface area contributed by atoms with Crippen LogP contribution in [0.2, 0.25) is 0 Å². The fourth-order valence-electron chi connectivity index (χ4n) is 2.62. The maximum Gasteiger partial charge on any atom is 0.0648 e. The molecule has 0 bridgehead atoms. The van der Waals surface area contributed by atoms with Crippen molar-refractivity contribution in [3.8, 4) is 0 Å². The van der Waals surface area contributed by atoms with Gasteiger partial charge in [0, 0.05) is 25.0 Å². The average Bonchev–Trinajstić information content (AvgIpc) is 2.40. The number of hydrogen-bond donors (Lipinski definition) is 0. The van der Waals surface area contributed by atoms with E-state index in [9.17, 15) is 0 Å². The van der Waals surface area contributed by atoms with Gasteiger partial charge in [-0.05, 0) is 30.9 Å². The van der Waals surface area contributed by atoms with E-state index in [1.807, 2.05) is 6.20 Å². The van der Waals surface area contributed by atoms with Crippen LogP contribution in [0, 0.1) is 5.92 Å². The molecule has 0 aliphatic carbocycles. The minimum atomic E-state index is 0.500. The predicted molar refractivity (Wildman–Crippen MR) is 73.6 cm³/mol. The van der Waals surface area contributed by atoms with E-state index in [4.69, 9.17) is 11.6 Å². The smallest absolute Gasteiger partial charge is 0.0648 e. The first-order chi connectivity index (χ1) is 8.33. The van der Waals surface area contributed by atoms with Crippen LogP contribution in [0.3, 0.4) is 0 Å². The fraction of sp³-hybridized carbons (Fsp3) is 0.643. The predicted octanol–water partition coefficient (Wildman–Crippen LogP) is 3.84. The van der Waals surface area contributed by atoms with Gasteiger partial charge in [-0.1, -0.05) is 19.8 Å². The molecule has 2 heterocycles. The van der Waals surface area contributed by atoms with Crippen molar-refractivity contribution >= 4 is 17.3 Å². The molecule has 1 aliphatic rings. The molecule has 0 radical (unpaired) electrons. The summed E-state index contributed by atoms with van der Waals surface area (Å²) >= 11 is 5.82. The highest BCUT2D eigenvalue weighted by Crippen LogP contribution is 2.26. The third-order valence-corrected chi connectivity index (χ3v) is 3.89. The molecule has 1 aromatic rings. The largest absolute Gasteiger partial charge is 0.371 e. The molecule has 0 unspecified atom stereocenters. The monoisotopic (exact) mass is 252 g/mol. The van der Waals surface area contributed by atoms with E-state index in [-0.39, 0.29) is 0 Å². The fourth-order valence-corrected chi connectivity index (χ4v) is 2.77. The lowest BCUT2D eigenvalue weighted by Gasteiger charge is -2.33. The summed E-state index contributed by atoms with van der Waals surface area (Å²) < 4.78 is 0. The average molecular weight is 253 g/mol. The second-order valence-electron chi connectivity index (χ2n) is 4.86. The van der Waals surface area contributed by atoms with Crippen LogP contribution in [0.15, 0.2) is 18.3 Å². The van der Waals surface area contributed by atoms with Gasteiger partial charge < -0.3 is 4.90 Å². The summed E-state index contributed by atoms with van der Waals surface area (Å²) in [6.07, 6.45) is 7.22. The molecule has 2 rings (SSSR count). The van der Waals surface area contributed by atoms with Crippen LogP contribution in [-0.2, 0) is 5.88 Å². The highest BCUT2D eigenvalue weighted by atomic mass is 35.5. The van der Waals surface area contributed by atoms with Gasteiger partial charge in [0.1, 0.15) is 0 Å². The lowest BCUT2D eigenvalue weighted by atomic mass is 9.92. The van der Waals surface area contributed by atoms with Gasteiger partial charge >= 0.3 is 0 Å². The van der Waals surface area contributed by atoms with E-state index in [0.29, 0.717) is 5.88 Å². The molecule has 1 aliphatic heterocycles. The molecule has 0 atom stereocenters. The summed E-state index contributed by atoms with van der Waals surface area (Å²) in [4.78, 5) is 6.70. The highest BCUT2D eigenvalue weighted by Gasteiger charge is 2.18. The number of nitrogens with zero attached hydrogens (tertiary/aromatic N) is 2. The molecule has 0 spiro atoms. The first kappa shape index (κ1) is 12.7. The van der Waals surface area contributed by atoms with Gasteiger partial charge in [-0.2, -0.15) is 0 Å². The Kier molecular flexibility index (Phi) is 4.66. The zero-order valence-electron chi connectivity index (χ0n) is 10.5. The van der Waals surface area contributed by atoms with Crippen molar-refractivity contribution in [3.63, 3.8) is 0 Å². The Labute approximate surface area is 109 Å². The number of pyridine rings is 1. The maximum absolute atomic E-state index is 5.82. The lowest BCUT2D eigenvalue weighted by Crippen LogP contribution is -2.33. The summed E-state index contributed by atoms with van der Waals surface area (Å²) in [6.45, 7) is 4.63. The van der Waals surface area contributed by atoms with E-state index < -0.39 is 0 Å². The van der Waals surface area contributed by atoms with E-state index in [1.54, 1.807) is 0 Å². The van der Waals surface area contributed by atoms with Crippen LogP contribution in [0.5, 0.6) is 0 Å². The zero-order valence-corrected chi connectivity index (χ0v) is 11.3. The number of rotatable bonds is 4. The molecule has 0 amide bonds. The number of alkyl halides is 1. The normalized spacial score (nSPS) is 17.4. The van der Waals surface area contributed by atoms with Crippen LogP contribution in [0.4, 0.5) is 5.69 Å². The molecule has 3 heteroatoms. The van der Waals surface area contributed by atoms with Crippen molar-refractivity contribution in [2.24, 2.45) is 5.92 Å². The van der Waals surface area contributed by atoms with Gasteiger partial charge in [0.2, 0.25) is 0 Å². The second kappa shape index (κ2) is 6.25. The van der Waals surface area contributed by atoms with E-state index in [1.165, 1.54) is 44.5 Å². The molecule has 1 aromatic heterocycles. The Hall–Kier alpha value is -0.760. The lowest BCUT2D eigenvalue weighted by molar-refractivity contribution is 0.378. The van der Waals surface area contributed by atoms with Gasteiger partial charge in [0.05, 0.1) is 11.6 Å². The maximum atomic E-state index is 5.82. The van der Waals surface area contributed by atoms with Crippen molar-refractivity contribution in [3.05, 3.63) is 24.0 Å². The van der Waals surface area contributed by atoms with Gasteiger partial charge in [-0.3, -0.25) is 4.98 Å². The summed E-state index contributed by atoms with van der Waals surface area (Å²) in [5.74, 6) is 1.44. The summed E-state index contributed by atoms with van der Waals surface area (Å²) in [5, 5.41) is 0. The highest BCUT2D eigenvalue weighted by molar-refractivity contribution is 6.16. The minimum Gasteiger partial charge on any atom is -0.371 e. The third kappa shape index (κ3) is 3.35. The number of hydrogen-bond acceptors (Lipinski definition) is 2. The third-order valence-electron chi connectivity index (χ3n) is 3.61. The summed E-state index contributed by atoms with van der Waals surface area (Å²) in [6, 6.07) is 4.21. The molecule has 17 heavy (non-hydrogen) atoms. The second-order valence-corrected chi connectivity index (χ2v) is 5.13. The van der Waals surface area contributed by atoms with Crippen LogP contribution in [0.1, 0.15) is 38.3 Å². The first-order valence-electron chi connectivity index (χ1n) is 6.59. The van der Waals surface area contributed by atoms with Gasteiger partial charge in [0.15, 0.2) is 0 Å². The summed E-state index contributed by atoms with van der Waals surface area (Å²) in [5.41, 5.74) is 2.26. The zero-order chi connectivity index (χ0) is 12.1. The Bertz CT molecular complexity index is 346. The van der Waals surface area contributed by atoms with Crippen LogP contribution < -0.4 is 4.90 Å². The van der Waals surface area contributed by atoms with Gasteiger partial charge in [-0.15, -0.1) is 11.6 Å². The molecule has 0 aromatic carbocycles. The van der Waals surface area contributed by atoms with Crippen LogP contribution in [-0.4, -0.2) is 18.1 Å². The van der Waals surface area contributed by atoms with Crippen molar-refractivity contribution in [1.82, 2.24) is 4.98 Å². The number of piperidine rings is 1. The van der Waals surface area contributed by atoms with Crippen LogP contribution in [0.25, 0.3) is 0 Å². The number of aromatic nitrogens is 1. The van der Waals surface area contributed by atoms with E-state index in [2.05, 4.69) is 28.9 Å². The molecule has 0 saturated carbocycles. The van der Waals surface area contributed by atoms with Crippen molar-refractivity contribution in [1.29, 1.82) is 0 Å². The molecule has 94 valence electrons. The first-order valence-corrected chi connectivity index (χ1v) is 7.12. The van der Waals surface area contributed by atoms with Crippen molar-refractivity contribution in [2.75, 3.05) is 18.0 Å². The molecular weight excluding hydrogens is 232 g/mol. The quantitative estimate of drug-likeness (QED) is 0.757. The Morgan fingerprint density at radius 3 is 2.82 bits per heavy atom. The Morgan fingerprint density at radius 1 is 1.41 bits per heavy atom. The van der Waals surface area contributed by atoms with Crippen LogP contribution >= 0.6 is 11.6 Å². The Balaban J connectivity index is 1.95. The molecule has 1 fully saturated rings. The van der Waals surface area contributed by atoms with Crippen molar-refractivity contribution in [2.45, 2.75) is 38.5 Å². The SMILES string of the molecule is CCCC1CCN(c2ccnc(CCl)c2)CC1. The number of halogens is 1. The Morgan fingerprint density at radius 2 is 2.18 bits per heavy atom. The summed E-state index contributed by atoms with van der Waals surface area (Å²) in [7, 11) is 0. The standard InChI is InChI=1S/C14H21ClN2/c1-2-3-12-5-8-17(9-6-12)14-4-7-16-13(10-14)11-15/h4,7,10,12H,2-3,5-6,8-9,11H2,1H3. The van der Waals surface area contributed by atoms with Crippen molar-refractivity contribution < 1.29 is 0 Å². The van der Waals surface area contributed by atoms with E-state index in [0.717, 1.165) is 11.6 Å². The molecule has 0 N–H and O–H groups in total.